The number of halogens is 1. The van der Waals surface area contributed by atoms with Crippen LogP contribution >= 0.6 is 15.9 Å². The molecule has 16 heavy (non-hydrogen) atoms. The molecule has 2 unspecified atom stereocenters. The first-order valence-electron chi connectivity index (χ1n) is 4.93. The first-order chi connectivity index (χ1) is 7.47. The van der Waals surface area contributed by atoms with Crippen molar-refractivity contribution in [2.24, 2.45) is 0 Å². The van der Waals surface area contributed by atoms with Crippen LogP contribution in [0.25, 0.3) is 0 Å². The van der Waals surface area contributed by atoms with Crippen LogP contribution in [0.4, 0.5) is 5.69 Å². The third kappa shape index (κ3) is 2.72. The average molecular weight is 288 g/mol. The fraction of sp³-hybridized carbons (Fsp3) is 0.455. The summed E-state index contributed by atoms with van der Waals surface area (Å²) in [7, 11) is 1.44. The molecule has 0 aliphatic rings. The molecule has 0 aliphatic carbocycles. The van der Waals surface area contributed by atoms with Gasteiger partial charge in [-0.2, -0.15) is 0 Å². The predicted octanol–water partition coefficient (Wildman–Crippen LogP) is 3.49. The average Bonchev–Trinajstić information content (AvgIpc) is 2.26. The molecule has 0 radical (unpaired) electrons. The van der Waals surface area contributed by atoms with Gasteiger partial charge in [-0.3, -0.25) is 10.1 Å². The first-order valence-corrected chi connectivity index (χ1v) is 5.85. The molecule has 0 bridgehead atoms. The van der Waals surface area contributed by atoms with E-state index in [0.717, 1.165) is 5.56 Å². The van der Waals surface area contributed by atoms with Gasteiger partial charge in [0.15, 0.2) is 5.75 Å². The Bertz CT molecular complexity index is 393. The van der Waals surface area contributed by atoms with Crippen LogP contribution in [-0.2, 0) is 0 Å². The van der Waals surface area contributed by atoms with E-state index >= 15 is 0 Å². The summed E-state index contributed by atoms with van der Waals surface area (Å²) in [6.45, 7) is 4.10. The maximum absolute atomic E-state index is 10.7. The predicted molar refractivity (Wildman–Crippen MR) is 66.5 cm³/mol. The van der Waals surface area contributed by atoms with E-state index < -0.39 is 4.92 Å². The Balaban J connectivity index is 3.13. The van der Waals surface area contributed by atoms with Gasteiger partial charge in [-0.1, -0.05) is 35.8 Å². The third-order valence-corrected chi connectivity index (χ3v) is 3.41. The van der Waals surface area contributed by atoms with Gasteiger partial charge < -0.3 is 4.74 Å². The van der Waals surface area contributed by atoms with Gasteiger partial charge in [-0.25, -0.2) is 0 Å². The van der Waals surface area contributed by atoms with E-state index in [1.807, 2.05) is 6.92 Å². The number of rotatable bonds is 4. The van der Waals surface area contributed by atoms with Crippen molar-refractivity contribution in [2.45, 2.75) is 24.6 Å². The smallest absolute Gasteiger partial charge is 0.310 e. The molecule has 0 heterocycles. The number of alkyl halides is 1. The maximum Gasteiger partial charge on any atom is 0.310 e. The number of hydrogen-bond acceptors (Lipinski definition) is 3. The fourth-order valence-corrected chi connectivity index (χ4v) is 1.70. The van der Waals surface area contributed by atoms with Gasteiger partial charge in [0.1, 0.15) is 0 Å². The lowest BCUT2D eigenvalue weighted by molar-refractivity contribution is -0.385. The van der Waals surface area contributed by atoms with Crippen LogP contribution in [0.3, 0.4) is 0 Å². The van der Waals surface area contributed by atoms with E-state index in [2.05, 4.69) is 22.9 Å². The van der Waals surface area contributed by atoms with E-state index in [1.54, 1.807) is 12.1 Å². The van der Waals surface area contributed by atoms with Crippen LogP contribution in [0.1, 0.15) is 25.3 Å². The summed E-state index contributed by atoms with van der Waals surface area (Å²) in [4.78, 5) is 10.6. The Morgan fingerprint density at radius 2 is 2.06 bits per heavy atom. The van der Waals surface area contributed by atoms with E-state index in [9.17, 15) is 10.1 Å². The van der Waals surface area contributed by atoms with Crippen molar-refractivity contribution in [3.63, 3.8) is 0 Å². The zero-order chi connectivity index (χ0) is 12.3. The van der Waals surface area contributed by atoms with Gasteiger partial charge in [-0.15, -0.1) is 0 Å². The molecule has 0 saturated heterocycles. The van der Waals surface area contributed by atoms with Crippen molar-refractivity contribution in [2.75, 3.05) is 7.11 Å². The van der Waals surface area contributed by atoms with Crippen molar-refractivity contribution in [3.8, 4) is 5.75 Å². The number of nitro benzene ring substituents is 1. The summed E-state index contributed by atoms with van der Waals surface area (Å²) in [6, 6.07) is 4.98. The Hall–Kier alpha value is -1.10. The molecular weight excluding hydrogens is 274 g/mol. The topological polar surface area (TPSA) is 52.4 Å². The zero-order valence-electron chi connectivity index (χ0n) is 9.44. The molecule has 4 nitrogen and oxygen atoms in total. The quantitative estimate of drug-likeness (QED) is 0.484. The van der Waals surface area contributed by atoms with Crippen LogP contribution in [0.15, 0.2) is 18.2 Å². The number of hydrogen-bond donors (Lipinski definition) is 0. The van der Waals surface area contributed by atoms with Gasteiger partial charge in [0.25, 0.3) is 0 Å². The molecule has 5 heteroatoms. The number of nitro groups is 1. The summed E-state index contributed by atoms with van der Waals surface area (Å²) < 4.78 is 5.02. The lowest BCUT2D eigenvalue weighted by Crippen LogP contribution is -2.05. The lowest BCUT2D eigenvalue weighted by atomic mass is 9.98. The molecule has 0 fully saturated rings. The molecule has 0 aromatic heterocycles. The molecule has 1 aromatic rings. The summed E-state index contributed by atoms with van der Waals surface area (Å²) >= 11 is 3.50. The van der Waals surface area contributed by atoms with Crippen LogP contribution in [0, 0.1) is 10.1 Å². The van der Waals surface area contributed by atoms with E-state index in [4.69, 9.17) is 4.74 Å². The highest BCUT2D eigenvalue weighted by molar-refractivity contribution is 9.09. The molecule has 88 valence electrons. The minimum Gasteiger partial charge on any atom is -0.490 e. The SMILES string of the molecule is COc1cc(C(C)C(C)Br)ccc1[N+](=O)[O-]. The van der Waals surface area contributed by atoms with Crippen LogP contribution in [-0.4, -0.2) is 16.9 Å². The minimum atomic E-state index is -0.440. The van der Waals surface area contributed by atoms with E-state index in [-0.39, 0.29) is 11.6 Å². The van der Waals surface area contributed by atoms with Gasteiger partial charge >= 0.3 is 5.69 Å². The lowest BCUT2D eigenvalue weighted by Gasteiger charge is -2.15. The van der Waals surface area contributed by atoms with Crippen molar-refractivity contribution in [1.29, 1.82) is 0 Å². The minimum absolute atomic E-state index is 0.000625. The Morgan fingerprint density at radius 3 is 2.50 bits per heavy atom. The van der Waals surface area contributed by atoms with Crippen LogP contribution < -0.4 is 4.74 Å². The number of benzene rings is 1. The molecule has 0 aliphatic heterocycles. The van der Waals surface area contributed by atoms with Gasteiger partial charge in [-0.05, 0) is 17.5 Å². The fourth-order valence-electron chi connectivity index (χ4n) is 1.39. The van der Waals surface area contributed by atoms with E-state index in [0.29, 0.717) is 10.6 Å². The Labute approximate surface area is 103 Å². The third-order valence-electron chi connectivity index (χ3n) is 2.62. The Morgan fingerprint density at radius 1 is 1.44 bits per heavy atom. The highest BCUT2D eigenvalue weighted by Crippen LogP contribution is 2.32. The monoisotopic (exact) mass is 287 g/mol. The number of methoxy groups -OCH3 is 1. The first kappa shape index (κ1) is 13.0. The Kier molecular flexibility index (Phi) is 4.29. The maximum atomic E-state index is 10.7. The van der Waals surface area contributed by atoms with Gasteiger partial charge in [0.05, 0.1) is 12.0 Å². The summed E-state index contributed by atoms with van der Waals surface area (Å²) in [5.74, 6) is 0.581. The molecule has 0 spiro atoms. The van der Waals surface area contributed by atoms with Crippen LogP contribution in [0.2, 0.25) is 0 Å². The molecule has 2 atom stereocenters. The van der Waals surface area contributed by atoms with E-state index in [1.165, 1.54) is 13.2 Å². The number of ether oxygens (including phenoxy) is 1. The van der Waals surface area contributed by atoms with Crippen molar-refractivity contribution in [1.82, 2.24) is 0 Å². The van der Waals surface area contributed by atoms with Crippen molar-refractivity contribution >= 4 is 21.6 Å². The summed E-state index contributed by atoms with van der Waals surface area (Å²) in [6.07, 6.45) is 0. The highest BCUT2D eigenvalue weighted by atomic mass is 79.9. The molecular formula is C11H14BrNO3. The molecule has 0 amide bonds. The summed E-state index contributed by atoms with van der Waals surface area (Å²) in [5.41, 5.74) is 1.02. The normalized spacial score (nSPS) is 14.2. The second-order valence-electron chi connectivity index (χ2n) is 3.65. The summed E-state index contributed by atoms with van der Waals surface area (Å²) in [5, 5.41) is 10.7. The zero-order valence-corrected chi connectivity index (χ0v) is 11.0. The molecule has 1 rings (SSSR count). The molecule has 0 N–H and O–H groups in total. The largest absolute Gasteiger partial charge is 0.490 e. The standard InChI is InChI=1S/C11H14BrNO3/c1-7(8(2)12)9-4-5-10(13(14)15)11(6-9)16-3/h4-8H,1-3H3. The number of nitrogens with zero attached hydrogens (tertiary/aromatic N) is 1. The highest BCUT2D eigenvalue weighted by Gasteiger charge is 2.18. The van der Waals surface area contributed by atoms with Crippen LogP contribution in [0.5, 0.6) is 5.75 Å². The molecule has 1 aromatic carbocycles. The van der Waals surface area contributed by atoms with Crippen molar-refractivity contribution < 1.29 is 9.66 Å². The molecule has 0 saturated carbocycles. The van der Waals surface area contributed by atoms with Gasteiger partial charge in [0, 0.05) is 10.9 Å². The second kappa shape index (κ2) is 5.30. The second-order valence-corrected chi connectivity index (χ2v) is 5.10. The van der Waals surface area contributed by atoms with Crippen molar-refractivity contribution in [3.05, 3.63) is 33.9 Å². The van der Waals surface area contributed by atoms with Gasteiger partial charge in [0.2, 0.25) is 0 Å².